The fraction of sp³-hybridized carbons (Fsp3) is 0.900. The number of ether oxygens (including phenoxy) is 1. The zero-order valence-corrected chi connectivity index (χ0v) is 15.7. The molecule has 0 aromatic rings. The summed E-state index contributed by atoms with van der Waals surface area (Å²) in [6.07, 6.45) is 20.7. The molecule has 0 amide bonds. The molecule has 0 spiro atoms. The fourth-order valence-electron chi connectivity index (χ4n) is 2.88. The number of carboxylic acid groups (broad SMARTS) is 1. The highest BCUT2D eigenvalue weighted by Crippen LogP contribution is 2.13. The predicted molar refractivity (Wildman–Crippen MR) is 98.1 cm³/mol. The third-order valence-corrected chi connectivity index (χ3v) is 4.41. The van der Waals surface area contributed by atoms with Crippen LogP contribution in [0.3, 0.4) is 0 Å². The number of rotatable bonds is 17. The van der Waals surface area contributed by atoms with Crippen molar-refractivity contribution in [2.24, 2.45) is 0 Å². The van der Waals surface area contributed by atoms with Gasteiger partial charge in [-0.3, -0.25) is 0 Å². The van der Waals surface area contributed by atoms with E-state index in [0.29, 0.717) is 0 Å². The first kappa shape index (κ1) is 22.9. The summed E-state index contributed by atoms with van der Waals surface area (Å²) in [5.41, 5.74) is 0. The van der Waals surface area contributed by atoms with Gasteiger partial charge in [-0.05, 0) is 6.42 Å². The summed E-state index contributed by atoms with van der Waals surface area (Å²) in [5, 5.41) is 8.34. The molecule has 0 aliphatic carbocycles. The lowest BCUT2D eigenvalue weighted by molar-refractivity contribution is -0.163. The van der Waals surface area contributed by atoms with Crippen molar-refractivity contribution in [3.05, 3.63) is 0 Å². The number of carbonyl (C=O) groups is 2. The van der Waals surface area contributed by atoms with Crippen LogP contribution in [0.5, 0.6) is 0 Å². The molecule has 0 aromatic heterocycles. The van der Waals surface area contributed by atoms with Crippen LogP contribution in [0.2, 0.25) is 0 Å². The lowest BCUT2D eigenvalue weighted by atomic mass is 10.0. The van der Waals surface area contributed by atoms with E-state index in [-0.39, 0.29) is 6.61 Å². The predicted octanol–water partition coefficient (Wildman–Crippen LogP) is 5.88. The Morgan fingerprint density at radius 1 is 0.625 bits per heavy atom. The molecule has 24 heavy (non-hydrogen) atoms. The molecule has 0 radical (unpaired) electrons. The zero-order chi connectivity index (χ0) is 17.9. The number of hydrogen-bond acceptors (Lipinski definition) is 3. The first-order chi connectivity index (χ1) is 11.7. The molecule has 0 aliphatic heterocycles. The smallest absolute Gasteiger partial charge is 0.417 e. The minimum absolute atomic E-state index is 0.226. The van der Waals surface area contributed by atoms with E-state index in [1.54, 1.807) is 0 Å². The third kappa shape index (κ3) is 17.3. The molecular weight excluding hydrogens is 304 g/mol. The van der Waals surface area contributed by atoms with Gasteiger partial charge in [0.1, 0.15) is 0 Å². The Morgan fingerprint density at radius 3 is 1.29 bits per heavy atom. The summed E-state index contributed by atoms with van der Waals surface area (Å²) >= 11 is 0. The van der Waals surface area contributed by atoms with E-state index in [1.165, 1.54) is 83.5 Å². The van der Waals surface area contributed by atoms with Crippen molar-refractivity contribution >= 4 is 11.9 Å². The number of carboxylic acids is 1. The lowest BCUT2D eigenvalue weighted by Gasteiger charge is -2.04. The van der Waals surface area contributed by atoms with Gasteiger partial charge in [0.25, 0.3) is 0 Å². The molecule has 0 aromatic carbocycles. The molecule has 4 nitrogen and oxygen atoms in total. The lowest BCUT2D eigenvalue weighted by Crippen LogP contribution is -2.16. The van der Waals surface area contributed by atoms with Crippen LogP contribution in [-0.2, 0) is 14.3 Å². The van der Waals surface area contributed by atoms with Gasteiger partial charge in [0, 0.05) is 0 Å². The van der Waals surface area contributed by atoms with Crippen molar-refractivity contribution in [3.8, 4) is 0 Å². The van der Waals surface area contributed by atoms with Crippen molar-refractivity contribution in [1.29, 1.82) is 0 Å². The highest BCUT2D eigenvalue weighted by atomic mass is 16.6. The second-order valence-electron chi connectivity index (χ2n) is 6.74. The van der Waals surface area contributed by atoms with Crippen LogP contribution >= 0.6 is 0 Å². The van der Waals surface area contributed by atoms with Crippen LogP contribution in [0, 0.1) is 0 Å². The molecule has 0 heterocycles. The number of carbonyl (C=O) groups excluding carboxylic acids is 1. The third-order valence-electron chi connectivity index (χ3n) is 4.41. The van der Waals surface area contributed by atoms with Gasteiger partial charge in [-0.2, -0.15) is 0 Å². The van der Waals surface area contributed by atoms with Crippen LogP contribution in [0.25, 0.3) is 0 Å². The maximum absolute atomic E-state index is 10.7. The van der Waals surface area contributed by atoms with Crippen molar-refractivity contribution in [3.63, 3.8) is 0 Å². The summed E-state index contributed by atoms with van der Waals surface area (Å²) in [5.74, 6) is -2.65. The topological polar surface area (TPSA) is 63.6 Å². The van der Waals surface area contributed by atoms with E-state index in [9.17, 15) is 9.59 Å². The SMILES string of the molecule is CCCCCCCCCCCCCCCCCCOC(=O)C(=O)O. The molecular formula is C20H38O4. The Hall–Kier alpha value is -1.06. The molecule has 1 N–H and O–H groups in total. The average molecular weight is 343 g/mol. The van der Waals surface area contributed by atoms with Crippen LogP contribution < -0.4 is 0 Å². The Morgan fingerprint density at radius 2 is 0.958 bits per heavy atom. The fourth-order valence-corrected chi connectivity index (χ4v) is 2.88. The Bertz CT molecular complexity index is 302. The summed E-state index contributed by atoms with van der Waals surface area (Å²) in [4.78, 5) is 20.9. The highest BCUT2D eigenvalue weighted by molar-refractivity contribution is 6.28. The normalized spacial score (nSPS) is 10.7. The van der Waals surface area contributed by atoms with E-state index in [1.807, 2.05) is 0 Å². The van der Waals surface area contributed by atoms with Gasteiger partial charge in [-0.15, -0.1) is 0 Å². The number of esters is 1. The van der Waals surface area contributed by atoms with E-state index in [4.69, 9.17) is 5.11 Å². The number of hydrogen-bond donors (Lipinski definition) is 1. The molecule has 0 aliphatic rings. The minimum atomic E-state index is -1.51. The Balaban J connectivity index is 3.05. The number of aliphatic carboxylic acids is 1. The van der Waals surface area contributed by atoms with Crippen molar-refractivity contribution < 1.29 is 19.4 Å². The molecule has 0 unspecified atom stereocenters. The monoisotopic (exact) mass is 342 g/mol. The minimum Gasteiger partial charge on any atom is -0.473 e. The van der Waals surface area contributed by atoms with Crippen LogP contribution in [0.4, 0.5) is 0 Å². The van der Waals surface area contributed by atoms with Crippen LogP contribution in [0.1, 0.15) is 110 Å². The summed E-state index contributed by atoms with van der Waals surface area (Å²) in [6.45, 7) is 2.49. The average Bonchev–Trinajstić information content (AvgIpc) is 2.57. The van der Waals surface area contributed by atoms with E-state index in [2.05, 4.69) is 11.7 Å². The zero-order valence-electron chi connectivity index (χ0n) is 15.7. The molecule has 0 rings (SSSR count). The van der Waals surface area contributed by atoms with Gasteiger partial charge in [0.05, 0.1) is 6.61 Å². The molecule has 142 valence electrons. The quantitative estimate of drug-likeness (QED) is 0.204. The molecule has 0 saturated carbocycles. The van der Waals surface area contributed by atoms with Crippen molar-refractivity contribution in [1.82, 2.24) is 0 Å². The largest absolute Gasteiger partial charge is 0.473 e. The molecule has 0 atom stereocenters. The van der Waals surface area contributed by atoms with Gasteiger partial charge in [-0.1, -0.05) is 103 Å². The van der Waals surface area contributed by atoms with Gasteiger partial charge >= 0.3 is 11.9 Å². The first-order valence-corrected chi connectivity index (χ1v) is 10.1. The molecule has 0 bridgehead atoms. The van der Waals surface area contributed by atoms with Gasteiger partial charge in [0.2, 0.25) is 0 Å². The van der Waals surface area contributed by atoms with Crippen LogP contribution in [-0.4, -0.2) is 23.7 Å². The highest BCUT2D eigenvalue weighted by Gasteiger charge is 2.11. The summed E-state index contributed by atoms with van der Waals surface area (Å²) in [6, 6.07) is 0. The van der Waals surface area contributed by atoms with Crippen molar-refractivity contribution in [2.75, 3.05) is 6.61 Å². The van der Waals surface area contributed by atoms with E-state index in [0.717, 1.165) is 19.3 Å². The Kier molecular flexibility index (Phi) is 17.5. The summed E-state index contributed by atoms with van der Waals surface area (Å²) < 4.78 is 4.58. The van der Waals surface area contributed by atoms with E-state index >= 15 is 0 Å². The van der Waals surface area contributed by atoms with E-state index < -0.39 is 11.9 Å². The standard InChI is InChI=1S/C20H38O4/c1-2-3-4-5-6-7-8-9-10-11-12-13-14-15-16-17-18-24-20(23)19(21)22/h2-18H2,1H3,(H,21,22). The van der Waals surface area contributed by atoms with Crippen LogP contribution in [0.15, 0.2) is 0 Å². The summed E-state index contributed by atoms with van der Waals surface area (Å²) in [7, 11) is 0. The Labute approximate surface area is 148 Å². The van der Waals surface area contributed by atoms with Gasteiger partial charge < -0.3 is 9.84 Å². The number of unbranched alkanes of at least 4 members (excludes halogenated alkanes) is 15. The first-order valence-electron chi connectivity index (χ1n) is 10.1. The second-order valence-corrected chi connectivity index (χ2v) is 6.74. The molecule has 4 heteroatoms. The maximum Gasteiger partial charge on any atom is 0.417 e. The van der Waals surface area contributed by atoms with Gasteiger partial charge in [0.15, 0.2) is 0 Å². The van der Waals surface area contributed by atoms with Gasteiger partial charge in [-0.25, -0.2) is 9.59 Å². The maximum atomic E-state index is 10.7. The molecule has 0 saturated heterocycles. The molecule has 0 fully saturated rings. The second kappa shape index (κ2) is 18.3. The van der Waals surface area contributed by atoms with Crippen molar-refractivity contribution in [2.45, 2.75) is 110 Å².